The summed E-state index contributed by atoms with van der Waals surface area (Å²) in [4.78, 5) is 28.7. The Morgan fingerprint density at radius 1 is 1.36 bits per heavy atom. The molecule has 1 aromatic heterocycles. The molecule has 0 aromatic carbocycles. The first-order chi connectivity index (χ1) is 10.6. The van der Waals surface area contributed by atoms with E-state index in [-0.39, 0.29) is 17.2 Å². The minimum Gasteiger partial charge on any atom is -0.455 e. The monoisotopic (exact) mass is 322 g/mol. The number of nitrogens with zero attached hydrogens (tertiary/aromatic N) is 2. The van der Waals surface area contributed by atoms with E-state index in [4.69, 9.17) is 4.42 Å². The van der Waals surface area contributed by atoms with Gasteiger partial charge in [0.2, 0.25) is 5.91 Å². The van der Waals surface area contributed by atoms with Gasteiger partial charge < -0.3 is 14.2 Å². The molecule has 120 valence electrons. The molecule has 2 amide bonds. The lowest BCUT2D eigenvalue weighted by Gasteiger charge is -2.37. The van der Waals surface area contributed by atoms with Crippen molar-refractivity contribution in [1.29, 1.82) is 0 Å². The number of likely N-dealkylation sites (tertiary alicyclic amines) is 2. The third-order valence-electron chi connectivity index (χ3n) is 4.75. The van der Waals surface area contributed by atoms with Crippen LogP contribution in [0.2, 0.25) is 0 Å². The third kappa shape index (κ3) is 2.64. The normalized spacial score (nSPS) is 25.3. The molecule has 3 heterocycles. The van der Waals surface area contributed by atoms with Crippen LogP contribution in [0, 0.1) is 5.41 Å². The van der Waals surface area contributed by atoms with Crippen LogP contribution < -0.4 is 0 Å². The fraction of sp³-hybridized carbons (Fsp3) is 0.625. The number of hydrogen-bond acceptors (Lipinski definition) is 4. The van der Waals surface area contributed by atoms with Crippen molar-refractivity contribution in [3.63, 3.8) is 0 Å². The number of amides is 2. The average molecular weight is 322 g/mol. The molecule has 1 atom stereocenters. The van der Waals surface area contributed by atoms with Gasteiger partial charge in [-0.3, -0.25) is 9.59 Å². The van der Waals surface area contributed by atoms with Crippen molar-refractivity contribution >= 4 is 23.6 Å². The molecule has 6 heteroatoms. The fourth-order valence-electron chi connectivity index (χ4n) is 3.56. The summed E-state index contributed by atoms with van der Waals surface area (Å²) in [6, 6.07) is 3.60. The molecule has 2 fully saturated rings. The van der Waals surface area contributed by atoms with Crippen LogP contribution in [0.1, 0.15) is 35.6 Å². The van der Waals surface area contributed by atoms with Crippen LogP contribution >= 0.6 is 11.8 Å². The Balaban J connectivity index is 1.71. The highest BCUT2D eigenvalue weighted by Crippen LogP contribution is 2.40. The van der Waals surface area contributed by atoms with Crippen molar-refractivity contribution in [1.82, 2.24) is 9.80 Å². The zero-order valence-electron chi connectivity index (χ0n) is 13.1. The molecule has 5 nitrogen and oxygen atoms in total. The van der Waals surface area contributed by atoms with Crippen LogP contribution in [0.3, 0.4) is 0 Å². The quantitative estimate of drug-likeness (QED) is 0.856. The van der Waals surface area contributed by atoms with Gasteiger partial charge in [-0.2, -0.15) is 11.8 Å². The minimum absolute atomic E-state index is 0.0924. The molecule has 0 N–H and O–H groups in total. The van der Waals surface area contributed by atoms with Gasteiger partial charge in [0, 0.05) is 26.7 Å². The van der Waals surface area contributed by atoms with Crippen LogP contribution in [0.15, 0.2) is 16.5 Å². The maximum Gasteiger partial charge on any atom is 0.289 e. The van der Waals surface area contributed by atoms with Crippen molar-refractivity contribution in [2.45, 2.75) is 25.0 Å². The van der Waals surface area contributed by atoms with Gasteiger partial charge in [0.25, 0.3) is 5.91 Å². The summed E-state index contributed by atoms with van der Waals surface area (Å²) in [5.41, 5.74) is -0.364. The van der Waals surface area contributed by atoms with Gasteiger partial charge >= 0.3 is 0 Å². The predicted octanol–water partition coefficient (Wildman–Crippen LogP) is 2.23. The molecule has 2 aliphatic rings. The molecule has 0 radical (unpaired) electrons. The van der Waals surface area contributed by atoms with Crippen LogP contribution in [-0.4, -0.2) is 54.6 Å². The number of thioether (sulfide) groups is 1. The zero-order chi connectivity index (χ0) is 15.7. The Morgan fingerprint density at radius 3 is 2.95 bits per heavy atom. The molecule has 1 spiro atoms. The van der Waals surface area contributed by atoms with Crippen molar-refractivity contribution in [2.24, 2.45) is 5.41 Å². The summed E-state index contributed by atoms with van der Waals surface area (Å²) in [5.74, 6) is 2.07. The molecule has 0 aliphatic carbocycles. The molecule has 3 rings (SSSR count). The minimum atomic E-state index is -0.364. The number of piperidine rings is 1. The van der Waals surface area contributed by atoms with Crippen molar-refractivity contribution in [3.8, 4) is 0 Å². The Morgan fingerprint density at radius 2 is 2.18 bits per heavy atom. The largest absolute Gasteiger partial charge is 0.455 e. The van der Waals surface area contributed by atoms with E-state index in [0.717, 1.165) is 37.3 Å². The molecular formula is C16H22N2O3S. The first-order valence-electron chi connectivity index (χ1n) is 7.68. The number of rotatable bonds is 3. The first kappa shape index (κ1) is 15.5. The number of furan rings is 1. The van der Waals surface area contributed by atoms with E-state index in [9.17, 15) is 9.59 Å². The molecule has 0 saturated carbocycles. The van der Waals surface area contributed by atoms with Gasteiger partial charge in [-0.25, -0.2) is 0 Å². The number of hydrogen-bond donors (Lipinski definition) is 0. The number of carbonyl (C=O) groups excluding carboxylic acids is 2. The van der Waals surface area contributed by atoms with E-state index in [2.05, 4.69) is 0 Å². The lowest BCUT2D eigenvalue weighted by atomic mass is 9.78. The lowest BCUT2D eigenvalue weighted by molar-refractivity contribution is -0.143. The van der Waals surface area contributed by atoms with E-state index in [1.54, 1.807) is 27.6 Å². The van der Waals surface area contributed by atoms with Crippen LogP contribution in [0.5, 0.6) is 0 Å². The van der Waals surface area contributed by atoms with Crippen molar-refractivity contribution in [2.75, 3.05) is 32.9 Å². The standard InChI is InChI=1S/C16H22N2O3S/c1-17-8-3-6-16(15(17)20)7-9-18(11-16)14(19)13-5-4-12(21-13)10-22-2/h4-5H,3,6-11H2,1-2H3/t16-/m0/s1. The van der Waals surface area contributed by atoms with Crippen LogP contribution in [0.4, 0.5) is 0 Å². The highest BCUT2D eigenvalue weighted by Gasteiger charge is 2.48. The van der Waals surface area contributed by atoms with E-state index >= 15 is 0 Å². The molecule has 2 aliphatic heterocycles. The van der Waals surface area contributed by atoms with Gasteiger partial charge in [0.15, 0.2) is 5.76 Å². The van der Waals surface area contributed by atoms with Crippen LogP contribution in [-0.2, 0) is 10.5 Å². The molecule has 0 unspecified atom stereocenters. The average Bonchev–Trinajstić information content (AvgIpc) is 3.13. The molecule has 22 heavy (non-hydrogen) atoms. The van der Waals surface area contributed by atoms with E-state index in [1.165, 1.54) is 0 Å². The Hall–Kier alpha value is -1.43. The summed E-state index contributed by atoms with van der Waals surface area (Å²) in [7, 11) is 1.86. The fourth-order valence-corrected chi connectivity index (χ4v) is 4.00. The van der Waals surface area contributed by atoms with E-state index in [1.807, 2.05) is 19.4 Å². The number of carbonyl (C=O) groups is 2. The molecule has 2 saturated heterocycles. The third-order valence-corrected chi connectivity index (χ3v) is 5.32. The van der Waals surface area contributed by atoms with Gasteiger partial charge in [-0.1, -0.05) is 0 Å². The summed E-state index contributed by atoms with van der Waals surface area (Å²) < 4.78 is 5.61. The van der Waals surface area contributed by atoms with Gasteiger partial charge in [0.1, 0.15) is 5.76 Å². The Labute approximate surface area is 135 Å². The van der Waals surface area contributed by atoms with Gasteiger partial charge in [-0.15, -0.1) is 0 Å². The maximum absolute atomic E-state index is 12.6. The highest BCUT2D eigenvalue weighted by atomic mass is 32.2. The van der Waals surface area contributed by atoms with E-state index < -0.39 is 0 Å². The topological polar surface area (TPSA) is 53.8 Å². The van der Waals surface area contributed by atoms with Crippen molar-refractivity contribution < 1.29 is 14.0 Å². The second-order valence-electron chi connectivity index (χ2n) is 6.29. The summed E-state index contributed by atoms with van der Waals surface area (Å²) in [6.45, 7) is 1.98. The predicted molar refractivity (Wildman–Crippen MR) is 85.8 cm³/mol. The summed E-state index contributed by atoms with van der Waals surface area (Å²) >= 11 is 1.66. The van der Waals surface area contributed by atoms with Crippen LogP contribution in [0.25, 0.3) is 0 Å². The Bertz CT molecular complexity index is 586. The maximum atomic E-state index is 12.6. The molecule has 1 aromatic rings. The zero-order valence-corrected chi connectivity index (χ0v) is 13.9. The van der Waals surface area contributed by atoms with Gasteiger partial charge in [0.05, 0.1) is 11.2 Å². The van der Waals surface area contributed by atoms with Gasteiger partial charge in [-0.05, 0) is 37.7 Å². The lowest BCUT2D eigenvalue weighted by Crippen LogP contribution is -2.48. The summed E-state index contributed by atoms with van der Waals surface area (Å²) in [6.07, 6.45) is 4.67. The van der Waals surface area contributed by atoms with E-state index in [0.29, 0.717) is 18.8 Å². The second-order valence-corrected chi connectivity index (χ2v) is 7.15. The first-order valence-corrected chi connectivity index (χ1v) is 9.08. The molecular weight excluding hydrogens is 300 g/mol. The SMILES string of the molecule is CSCc1ccc(C(=O)N2CC[C@@]3(CCCN(C)C3=O)C2)o1. The smallest absolute Gasteiger partial charge is 0.289 e. The molecule has 0 bridgehead atoms. The highest BCUT2D eigenvalue weighted by molar-refractivity contribution is 7.97. The Kier molecular flexibility index (Phi) is 4.21. The second kappa shape index (κ2) is 5.99. The summed E-state index contributed by atoms with van der Waals surface area (Å²) in [5, 5.41) is 0. The van der Waals surface area contributed by atoms with Crippen molar-refractivity contribution in [3.05, 3.63) is 23.7 Å².